The second-order valence-corrected chi connectivity index (χ2v) is 4.73. The molecule has 2 amide bonds. The highest BCUT2D eigenvalue weighted by molar-refractivity contribution is 5.74. The van der Waals surface area contributed by atoms with Gasteiger partial charge in [-0.25, -0.2) is 4.79 Å². The van der Waals surface area contributed by atoms with Gasteiger partial charge in [-0.2, -0.15) is 0 Å². The maximum absolute atomic E-state index is 11.9. The highest BCUT2D eigenvalue weighted by Crippen LogP contribution is 2.23. The highest BCUT2D eigenvalue weighted by Gasteiger charge is 2.21. The fourth-order valence-corrected chi connectivity index (χ4v) is 2.06. The summed E-state index contributed by atoms with van der Waals surface area (Å²) in [6, 6.07) is -0.424. The van der Waals surface area contributed by atoms with Crippen LogP contribution in [0.3, 0.4) is 0 Å². The Morgan fingerprint density at radius 3 is 2.58 bits per heavy atom. The lowest BCUT2D eigenvalue weighted by Gasteiger charge is -2.19. The topological polar surface area (TPSA) is 87.4 Å². The summed E-state index contributed by atoms with van der Waals surface area (Å²) in [7, 11) is 0. The molecular weight excluding hydrogens is 246 g/mol. The number of urea groups is 1. The quantitative estimate of drug-likeness (QED) is 0.735. The van der Waals surface area contributed by atoms with Gasteiger partial charge in [-0.3, -0.25) is 0 Å². The molecule has 1 aromatic heterocycles. The fourth-order valence-electron chi connectivity index (χ4n) is 2.06. The summed E-state index contributed by atoms with van der Waals surface area (Å²) in [6.45, 7) is 7.61. The van der Waals surface area contributed by atoms with Gasteiger partial charge in [-0.05, 0) is 33.6 Å². The first-order valence-corrected chi connectivity index (χ1v) is 6.60. The molecule has 1 heterocycles. The van der Waals surface area contributed by atoms with Crippen molar-refractivity contribution in [3.63, 3.8) is 0 Å². The first kappa shape index (κ1) is 15.5. The number of aliphatic hydroxyl groups excluding tert-OH is 1. The maximum Gasteiger partial charge on any atom is 0.315 e. The Morgan fingerprint density at radius 2 is 2.11 bits per heavy atom. The molecule has 0 aliphatic carbocycles. The van der Waals surface area contributed by atoms with Crippen LogP contribution < -0.4 is 10.6 Å². The molecule has 6 heteroatoms. The average Bonchev–Trinajstić information content (AvgIpc) is 2.66. The van der Waals surface area contributed by atoms with Crippen molar-refractivity contribution in [1.82, 2.24) is 15.8 Å². The Bertz CT molecular complexity index is 398. The van der Waals surface area contributed by atoms with E-state index >= 15 is 0 Å². The Kier molecular flexibility index (Phi) is 5.82. The molecule has 0 aliphatic heterocycles. The third-order valence-corrected chi connectivity index (χ3v) is 3.09. The molecule has 2 atom stereocenters. The summed E-state index contributed by atoms with van der Waals surface area (Å²) >= 11 is 0. The molecule has 0 bridgehead atoms. The van der Waals surface area contributed by atoms with E-state index in [0.29, 0.717) is 6.42 Å². The van der Waals surface area contributed by atoms with E-state index in [9.17, 15) is 4.79 Å². The largest absolute Gasteiger partial charge is 0.396 e. The lowest BCUT2D eigenvalue weighted by Crippen LogP contribution is -2.42. The minimum absolute atomic E-state index is 0.0581. The second-order valence-electron chi connectivity index (χ2n) is 4.73. The van der Waals surface area contributed by atoms with Gasteiger partial charge in [0.15, 0.2) is 0 Å². The van der Waals surface area contributed by atoms with Crippen LogP contribution in [0.2, 0.25) is 0 Å². The van der Waals surface area contributed by atoms with E-state index in [2.05, 4.69) is 15.8 Å². The lowest BCUT2D eigenvalue weighted by molar-refractivity contribution is 0.227. The van der Waals surface area contributed by atoms with Crippen molar-refractivity contribution < 1.29 is 14.4 Å². The van der Waals surface area contributed by atoms with Crippen LogP contribution in [0.25, 0.3) is 0 Å². The van der Waals surface area contributed by atoms with Crippen LogP contribution in [0.15, 0.2) is 4.52 Å². The molecule has 108 valence electrons. The van der Waals surface area contributed by atoms with Gasteiger partial charge in [0, 0.05) is 18.2 Å². The first-order valence-electron chi connectivity index (χ1n) is 6.60. The average molecular weight is 269 g/mol. The number of nitrogens with one attached hydrogen (secondary N) is 2. The number of amides is 2. The Balaban J connectivity index is 2.65. The van der Waals surface area contributed by atoms with Crippen LogP contribution in [0.5, 0.6) is 0 Å². The highest BCUT2D eigenvalue weighted by atomic mass is 16.5. The van der Waals surface area contributed by atoms with E-state index in [0.717, 1.165) is 23.4 Å². The predicted molar refractivity (Wildman–Crippen MR) is 71.8 cm³/mol. The number of carbonyl (C=O) groups is 1. The number of rotatable bonds is 6. The van der Waals surface area contributed by atoms with Gasteiger partial charge in [-0.15, -0.1) is 0 Å². The molecule has 0 aromatic carbocycles. The molecule has 0 saturated heterocycles. The molecular formula is C13H23N3O3. The summed E-state index contributed by atoms with van der Waals surface area (Å²) in [4.78, 5) is 11.9. The minimum Gasteiger partial charge on any atom is -0.396 e. The molecule has 6 nitrogen and oxygen atoms in total. The molecule has 1 rings (SSSR count). The molecule has 0 saturated carbocycles. The Morgan fingerprint density at radius 1 is 1.42 bits per heavy atom. The maximum atomic E-state index is 11.9. The van der Waals surface area contributed by atoms with E-state index < -0.39 is 0 Å². The number of aryl methyl sites for hydroxylation is 2. The zero-order chi connectivity index (χ0) is 14.4. The number of hydrogen-bond donors (Lipinski definition) is 3. The predicted octanol–water partition coefficient (Wildman–Crippen LogP) is 1.81. The Labute approximate surface area is 113 Å². The normalized spacial score (nSPS) is 13.9. The van der Waals surface area contributed by atoms with Gasteiger partial charge in [-0.1, -0.05) is 12.1 Å². The molecule has 0 spiro atoms. The van der Waals surface area contributed by atoms with Crippen LogP contribution >= 0.6 is 0 Å². The van der Waals surface area contributed by atoms with Crippen molar-refractivity contribution in [2.45, 2.75) is 52.6 Å². The summed E-state index contributed by atoms with van der Waals surface area (Å²) in [5.74, 6) is 0.730. The standard InChI is InChI=1S/C13H23N3O3/c1-5-11(12-9(3)16-19-10(12)4)15-13(18)14-8(2)6-7-17/h8,11,17H,5-7H2,1-4H3,(H2,14,15,18)/t8-,11?/m1/s1. The molecule has 0 fully saturated rings. The monoisotopic (exact) mass is 269 g/mol. The van der Waals surface area contributed by atoms with Gasteiger partial charge in [0.25, 0.3) is 0 Å². The van der Waals surface area contributed by atoms with Crippen molar-refractivity contribution >= 4 is 6.03 Å². The number of aliphatic hydroxyl groups is 1. The lowest BCUT2D eigenvalue weighted by atomic mass is 10.0. The van der Waals surface area contributed by atoms with Gasteiger partial charge >= 0.3 is 6.03 Å². The van der Waals surface area contributed by atoms with Crippen LogP contribution in [0, 0.1) is 13.8 Å². The third kappa shape index (κ3) is 4.24. The van der Waals surface area contributed by atoms with Crippen molar-refractivity contribution in [2.24, 2.45) is 0 Å². The minimum atomic E-state index is -0.243. The van der Waals surface area contributed by atoms with E-state index in [1.165, 1.54) is 0 Å². The van der Waals surface area contributed by atoms with Gasteiger partial charge in [0.1, 0.15) is 5.76 Å². The smallest absolute Gasteiger partial charge is 0.315 e. The second kappa shape index (κ2) is 7.13. The van der Waals surface area contributed by atoms with Crippen molar-refractivity contribution in [3.8, 4) is 0 Å². The summed E-state index contributed by atoms with van der Waals surface area (Å²) in [5.41, 5.74) is 1.74. The van der Waals surface area contributed by atoms with Crippen molar-refractivity contribution in [3.05, 3.63) is 17.0 Å². The number of carbonyl (C=O) groups excluding carboxylic acids is 1. The molecule has 3 N–H and O–H groups in total. The number of aromatic nitrogens is 1. The zero-order valence-corrected chi connectivity index (χ0v) is 12.0. The van der Waals surface area contributed by atoms with Gasteiger partial charge < -0.3 is 20.3 Å². The summed E-state index contributed by atoms with van der Waals surface area (Å²) in [6.07, 6.45) is 1.29. The summed E-state index contributed by atoms with van der Waals surface area (Å²) in [5, 5.41) is 18.4. The van der Waals surface area contributed by atoms with Crippen molar-refractivity contribution in [2.75, 3.05) is 6.61 Å². The fraction of sp³-hybridized carbons (Fsp3) is 0.692. The third-order valence-electron chi connectivity index (χ3n) is 3.09. The molecule has 19 heavy (non-hydrogen) atoms. The molecule has 0 radical (unpaired) electrons. The zero-order valence-electron chi connectivity index (χ0n) is 12.0. The van der Waals surface area contributed by atoms with Crippen LogP contribution in [0.1, 0.15) is 49.7 Å². The number of nitrogens with zero attached hydrogens (tertiary/aromatic N) is 1. The summed E-state index contributed by atoms with van der Waals surface area (Å²) < 4.78 is 5.12. The van der Waals surface area contributed by atoms with E-state index in [4.69, 9.17) is 9.63 Å². The van der Waals surface area contributed by atoms with E-state index in [1.54, 1.807) is 0 Å². The molecule has 1 unspecified atom stereocenters. The van der Waals surface area contributed by atoms with Crippen LogP contribution in [0.4, 0.5) is 4.79 Å². The van der Waals surface area contributed by atoms with E-state index in [-0.39, 0.29) is 24.7 Å². The van der Waals surface area contributed by atoms with Crippen LogP contribution in [-0.2, 0) is 0 Å². The van der Waals surface area contributed by atoms with Crippen molar-refractivity contribution in [1.29, 1.82) is 0 Å². The van der Waals surface area contributed by atoms with Crippen LogP contribution in [-0.4, -0.2) is 28.9 Å². The molecule has 0 aliphatic rings. The molecule has 1 aromatic rings. The van der Waals surface area contributed by atoms with E-state index in [1.807, 2.05) is 27.7 Å². The SMILES string of the molecule is CCC(NC(=O)N[C@H](C)CCO)c1c(C)noc1C. The van der Waals surface area contributed by atoms with Gasteiger partial charge in [0.2, 0.25) is 0 Å². The number of hydrogen-bond acceptors (Lipinski definition) is 4. The Hall–Kier alpha value is -1.56. The first-order chi connectivity index (χ1) is 8.99. The van der Waals surface area contributed by atoms with Gasteiger partial charge in [0.05, 0.1) is 11.7 Å².